The lowest BCUT2D eigenvalue weighted by molar-refractivity contribution is 0.319. The molecule has 0 bridgehead atoms. The van der Waals surface area contributed by atoms with E-state index in [0.29, 0.717) is 13.1 Å². The Labute approximate surface area is 107 Å². The number of hydrogen-bond donors (Lipinski definition) is 2. The minimum Gasteiger partial charge on any atom is -0.330 e. The summed E-state index contributed by atoms with van der Waals surface area (Å²) in [6.45, 7) is 6.60. The Morgan fingerprint density at radius 1 is 1.41 bits per heavy atom. The van der Waals surface area contributed by atoms with Gasteiger partial charge in [0, 0.05) is 13.1 Å². The minimum absolute atomic E-state index is 0.172. The van der Waals surface area contributed by atoms with Gasteiger partial charge in [-0.1, -0.05) is 31.5 Å². The monoisotopic (exact) mass is 258 g/mol. The van der Waals surface area contributed by atoms with Gasteiger partial charge >= 0.3 is 0 Å². The minimum atomic E-state index is -0.376. The van der Waals surface area contributed by atoms with Crippen LogP contribution in [0.4, 0.5) is 4.39 Å². The second-order valence-corrected chi connectivity index (χ2v) is 5.46. The van der Waals surface area contributed by atoms with Gasteiger partial charge in [-0.2, -0.15) is 0 Å². The van der Waals surface area contributed by atoms with Crippen LogP contribution in [0.25, 0.3) is 0 Å². The Hall–Kier alpha value is -0.640. The van der Waals surface area contributed by atoms with Crippen LogP contribution < -0.4 is 11.1 Å². The highest BCUT2D eigenvalue weighted by Crippen LogP contribution is 2.19. The van der Waals surface area contributed by atoms with Crippen LogP contribution >= 0.6 is 11.6 Å². The molecule has 1 aromatic carbocycles. The standard InChI is InChI=1S/C13H20ClFN2/c1-13(2,5-6-16)9-17-8-10-3-4-12(15)11(14)7-10/h3-4,7,17H,5-6,8-9,16H2,1-2H3. The molecule has 3 N–H and O–H groups in total. The summed E-state index contributed by atoms with van der Waals surface area (Å²) in [5.41, 5.74) is 6.71. The molecule has 2 nitrogen and oxygen atoms in total. The van der Waals surface area contributed by atoms with Crippen molar-refractivity contribution in [2.45, 2.75) is 26.8 Å². The van der Waals surface area contributed by atoms with E-state index in [1.807, 2.05) is 0 Å². The molecule has 0 heterocycles. The Bertz CT molecular complexity index is 366. The van der Waals surface area contributed by atoms with Gasteiger partial charge in [-0.25, -0.2) is 4.39 Å². The highest BCUT2D eigenvalue weighted by Gasteiger charge is 2.15. The number of benzene rings is 1. The highest BCUT2D eigenvalue weighted by atomic mass is 35.5. The maximum absolute atomic E-state index is 12.9. The molecule has 0 aromatic heterocycles. The second kappa shape index (κ2) is 6.34. The topological polar surface area (TPSA) is 38.0 Å². The number of hydrogen-bond acceptors (Lipinski definition) is 2. The van der Waals surface area contributed by atoms with Gasteiger partial charge in [0.25, 0.3) is 0 Å². The zero-order valence-corrected chi connectivity index (χ0v) is 11.1. The number of nitrogens with two attached hydrogens (primary N) is 1. The lowest BCUT2D eigenvalue weighted by atomic mass is 9.89. The van der Waals surface area contributed by atoms with Crippen LogP contribution in [-0.2, 0) is 6.54 Å². The van der Waals surface area contributed by atoms with Gasteiger partial charge in [0.05, 0.1) is 5.02 Å². The van der Waals surface area contributed by atoms with Crippen molar-refractivity contribution in [1.29, 1.82) is 0 Å². The molecule has 0 spiro atoms. The second-order valence-electron chi connectivity index (χ2n) is 5.05. The van der Waals surface area contributed by atoms with Crippen LogP contribution in [0.5, 0.6) is 0 Å². The molecule has 0 saturated carbocycles. The summed E-state index contributed by atoms with van der Waals surface area (Å²) in [7, 11) is 0. The largest absolute Gasteiger partial charge is 0.330 e. The molecule has 0 saturated heterocycles. The molecular weight excluding hydrogens is 239 g/mol. The van der Waals surface area contributed by atoms with Gasteiger partial charge in [0.2, 0.25) is 0 Å². The predicted molar refractivity (Wildman–Crippen MR) is 70.6 cm³/mol. The molecule has 0 atom stereocenters. The van der Waals surface area contributed by atoms with Crippen molar-refractivity contribution in [3.63, 3.8) is 0 Å². The molecule has 4 heteroatoms. The third kappa shape index (κ3) is 5.02. The van der Waals surface area contributed by atoms with E-state index in [2.05, 4.69) is 19.2 Å². The van der Waals surface area contributed by atoms with E-state index in [4.69, 9.17) is 17.3 Å². The molecule has 17 heavy (non-hydrogen) atoms. The number of rotatable bonds is 6. The summed E-state index contributed by atoms with van der Waals surface area (Å²) in [6, 6.07) is 4.79. The Kier molecular flexibility index (Phi) is 5.37. The fourth-order valence-corrected chi connectivity index (χ4v) is 1.88. The Morgan fingerprint density at radius 2 is 2.12 bits per heavy atom. The predicted octanol–water partition coefficient (Wildman–Crippen LogP) is 2.94. The normalized spacial score (nSPS) is 11.8. The number of halogens is 2. The first-order chi connectivity index (χ1) is 7.94. The van der Waals surface area contributed by atoms with Crippen molar-refractivity contribution in [2.24, 2.45) is 11.1 Å². The van der Waals surface area contributed by atoms with E-state index >= 15 is 0 Å². The summed E-state index contributed by atoms with van der Waals surface area (Å²) in [5, 5.41) is 3.51. The summed E-state index contributed by atoms with van der Waals surface area (Å²) < 4.78 is 12.9. The molecule has 0 radical (unpaired) electrons. The maximum atomic E-state index is 12.9. The third-order valence-electron chi connectivity index (χ3n) is 2.74. The van der Waals surface area contributed by atoms with Crippen LogP contribution in [0.1, 0.15) is 25.8 Å². The van der Waals surface area contributed by atoms with Crippen LogP contribution in [0.15, 0.2) is 18.2 Å². The Balaban J connectivity index is 2.43. The first kappa shape index (κ1) is 14.4. The van der Waals surface area contributed by atoms with Crippen LogP contribution in [0, 0.1) is 11.2 Å². The molecule has 0 aliphatic carbocycles. The summed E-state index contributed by atoms with van der Waals surface area (Å²) in [6.07, 6.45) is 0.976. The van der Waals surface area contributed by atoms with Gasteiger partial charge in [-0.15, -0.1) is 0 Å². The highest BCUT2D eigenvalue weighted by molar-refractivity contribution is 6.30. The third-order valence-corrected chi connectivity index (χ3v) is 3.03. The van der Waals surface area contributed by atoms with Crippen molar-refractivity contribution >= 4 is 11.6 Å². The molecule has 0 amide bonds. The summed E-state index contributed by atoms with van der Waals surface area (Å²) in [5.74, 6) is -0.376. The molecule has 1 rings (SSSR count). The lowest BCUT2D eigenvalue weighted by Crippen LogP contribution is -2.31. The zero-order valence-electron chi connectivity index (χ0n) is 10.4. The SMILES string of the molecule is CC(C)(CCN)CNCc1ccc(F)c(Cl)c1. The molecule has 1 aromatic rings. The van der Waals surface area contributed by atoms with Crippen LogP contribution in [0.2, 0.25) is 5.02 Å². The molecule has 96 valence electrons. The van der Waals surface area contributed by atoms with Gasteiger partial charge in [0.1, 0.15) is 5.82 Å². The van der Waals surface area contributed by atoms with E-state index in [-0.39, 0.29) is 16.3 Å². The van der Waals surface area contributed by atoms with Gasteiger partial charge < -0.3 is 11.1 Å². The molecule has 0 aliphatic rings. The van der Waals surface area contributed by atoms with E-state index < -0.39 is 0 Å². The quantitative estimate of drug-likeness (QED) is 0.823. The summed E-state index contributed by atoms with van der Waals surface area (Å²) in [4.78, 5) is 0. The average molecular weight is 259 g/mol. The molecule has 0 aliphatic heterocycles. The van der Waals surface area contributed by atoms with Crippen molar-refractivity contribution in [3.05, 3.63) is 34.6 Å². The van der Waals surface area contributed by atoms with Crippen LogP contribution in [-0.4, -0.2) is 13.1 Å². The maximum Gasteiger partial charge on any atom is 0.141 e. The first-order valence-electron chi connectivity index (χ1n) is 5.79. The van der Waals surface area contributed by atoms with E-state index in [1.54, 1.807) is 12.1 Å². The summed E-state index contributed by atoms with van der Waals surface area (Å²) >= 11 is 5.71. The zero-order chi connectivity index (χ0) is 12.9. The van der Waals surface area contributed by atoms with Crippen molar-refractivity contribution in [1.82, 2.24) is 5.32 Å². The van der Waals surface area contributed by atoms with E-state index in [1.165, 1.54) is 6.07 Å². The van der Waals surface area contributed by atoms with Crippen molar-refractivity contribution in [2.75, 3.05) is 13.1 Å². The van der Waals surface area contributed by atoms with E-state index in [0.717, 1.165) is 18.5 Å². The van der Waals surface area contributed by atoms with Gasteiger partial charge in [-0.05, 0) is 36.1 Å². The lowest BCUT2D eigenvalue weighted by Gasteiger charge is -2.24. The molecule has 0 fully saturated rings. The average Bonchev–Trinajstić information content (AvgIpc) is 2.23. The fourth-order valence-electron chi connectivity index (χ4n) is 1.67. The van der Waals surface area contributed by atoms with Crippen LogP contribution in [0.3, 0.4) is 0 Å². The van der Waals surface area contributed by atoms with Crippen molar-refractivity contribution in [3.8, 4) is 0 Å². The fraction of sp³-hybridized carbons (Fsp3) is 0.538. The van der Waals surface area contributed by atoms with Crippen molar-refractivity contribution < 1.29 is 4.39 Å². The molecule has 0 unspecified atom stereocenters. The van der Waals surface area contributed by atoms with E-state index in [9.17, 15) is 4.39 Å². The van der Waals surface area contributed by atoms with Gasteiger partial charge in [0.15, 0.2) is 0 Å². The Morgan fingerprint density at radius 3 is 2.71 bits per heavy atom. The smallest absolute Gasteiger partial charge is 0.141 e. The first-order valence-corrected chi connectivity index (χ1v) is 6.17. The van der Waals surface area contributed by atoms with Gasteiger partial charge in [-0.3, -0.25) is 0 Å². The number of nitrogens with one attached hydrogen (secondary N) is 1. The molecular formula is C13H20ClFN2.